The SMILES string of the molecule is CCCCCCCCCc1c(O)cccc1C(O)C(=O)O. The number of hydrogen-bond acceptors (Lipinski definition) is 3. The highest BCUT2D eigenvalue weighted by Crippen LogP contribution is 2.28. The topological polar surface area (TPSA) is 77.8 Å². The van der Waals surface area contributed by atoms with Gasteiger partial charge >= 0.3 is 5.97 Å². The van der Waals surface area contributed by atoms with Crippen LogP contribution in [0.5, 0.6) is 5.75 Å². The molecule has 1 rings (SSSR count). The van der Waals surface area contributed by atoms with Crippen LogP contribution in [0.4, 0.5) is 0 Å². The first-order valence-electron chi connectivity index (χ1n) is 7.79. The lowest BCUT2D eigenvalue weighted by atomic mass is 9.96. The summed E-state index contributed by atoms with van der Waals surface area (Å²) in [4.78, 5) is 10.9. The molecule has 0 saturated carbocycles. The Balaban J connectivity index is 2.52. The minimum atomic E-state index is -1.57. The second-order valence-corrected chi connectivity index (χ2v) is 5.46. The standard InChI is InChI=1S/C17H26O4/c1-2-3-4-5-6-7-8-10-13-14(16(19)17(20)21)11-9-12-15(13)18/h9,11-12,16,18-19H,2-8,10H2,1H3,(H,20,21). The molecule has 3 N–H and O–H groups in total. The van der Waals surface area contributed by atoms with E-state index in [4.69, 9.17) is 5.11 Å². The molecule has 4 nitrogen and oxygen atoms in total. The van der Waals surface area contributed by atoms with Gasteiger partial charge in [-0.05, 0) is 24.5 Å². The number of carbonyl (C=O) groups is 1. The van der Waals surface area contributed by atoms with Gasteiger partial charge in [-0.15, -0.1) is 0 Å². The summed E-state index contributed by atoms with van der Waals surface area (Å²) in [7, 11) is 0. The molecule has 0 aliphatic rings. The van der Waals surface area contributed by atoms with Gasteiger partial charge in [0.1, 0.15) is 5.75 Å². The number of aliphatic carboxylic acids is 1. The van der Waals surface area contributed by atoms with Gasteiger partial charge in [0.25, 0.3) is 0 Å². The Morgan fingerprint density at radius 2 is 1.71 bits per heavy atom. The molecule has 0 heterocycles. The molecule has 1 atom stereocenters. The average Bonchev–Trinajstić information content (AvgIpc) is 2.46. The summed E-state index contributed by atoms with van der Waals surface area (Å²) < 4.78 is 0. The van der Waals surface area contributed by atoms with Crippen molar-refractivity contribution in [1.82, 2.24) is 0 Å². The lowest BCUT2D eigenvalue weighted by molar-refractivity contribution is -0.147. The number of rotatable bonds is 10. The van der Waals surface area contributed by atoms with E-state index in [1.54, 1.807) is 12.1 Å². The van der Waals surface area contributed by atoms with Crippen molar-refractivity contribution in [3.05, 3.63) is 29.3 Å². The molecule has 0 aromatic heterocycles. The molecule has 0 bridgehead atoms. The highest BCUT2D eigenvalue weighted by Gasteiger charge is 2.20. The van der Waals surface area contributed by atoms with Crippen LogP contribution in [-0.4, -0.2) is 21.3 Å². The summed E-state index contributed by atoms with van der Waals surface area (Å²) in [5, 5.41) is 28.5. The minimum absolute atomic E-state index is 0.0683. The third kappa shape index (κ3) is 5.76. The number of aliphatic hydroxyl groups is 1. The van der Waals surface area contributed by atoms with Crippen LogP contribution >= 0.6 is 0 Å². The minimum Gasteiger partial charge on any atom is -0.508 e. The van der Waals surface area contributed by atoms with Crippen LogP contribution in [0.2, 0.25) is 0 Å². The molecule has 4 heteroatoms. The van der Waals surface area contributed by atoms with Crippen molar-refractivity contribution in [1.29, 1.82) is 0 Å². The fraction of sp³-hybridized carbons (Fsp3) is 0.588. The Morgan fingerprint density at radius 3 is 2.33 bits per heavy atom. The number of carboxylic acid groups (broad SMARTS) is 1. The number of aliphatic hydroxyl groups excluding tert-OH is 1. The number of phenols is 1. The molecule has 0 spiro atoms. The predicted molar refractivity (Wildman–Crippen MR) is 82.4 cm³/mol. The van der Waals surface area contributed by atoms with Crippen LogP contribution < -0.4 is 0 Å². The van der Waals surface area contributed by atoms with E-state index in [-0.39, 0.29) is 5.75 Å². The Labute approximate surface area is 126 Å². The fourth-order valence-electron chi connectivity index (χ4n) is 2.51. The molecule has 0 aliphatic carbocycles. The van der Waals surface area contributed by atoms with E-state index in [1.807, 2.05) is 0 Å². The van der Waals surface area contributed by atoms with Crippen molar-refractivity contribution in [2.75, 3.05) is 0 Å². The maximum Gasteiger partial charge on any atom is 0.337 e. The zero-order valence-corrected chi connectivity index (χ0v) is 12.7. The van der Waals surface area contributed by atoms with Gasteiger partial charge in [0.2, 0.25) is 0 Å². The lowest BCUT2D eigenvalue weighted by Crippen LogP contribution is -2.12. The van der Waals surface area contributed by atoms with Crippen molar-refractivity contribution in [2.24, 2.45) is 0 Å². The third-order valence-corrected chi connectivity index (χ3v) is 3.75. The molecule has 21 heavy (non-hydrogen) atoms. The molecule has 0 aliphatic heterocycles. The zero-order valence-electron chi connectivity index (χ0n) is 12.7. The highest BCUT2D eigenvalue weighted by atomic mass is 16.4. The first-order valence-corrected chi connectivity index (χ1v) is 7.79. The Morgan fingerprint density at radius 1 is 1.10 bits per heavy atom. The molecule has 1 unspecified atom stereocenters. The van der Waals surface area contributed by atoms with E-state index in [1.165, 1.54) is 31.7 Å². The Bertz CT molecular complexity index is 442. The number of aromatic hydroxyl groups is 1. The number of carboxylic acids is 1. The molecular weight excluding hydrogens is 268 g/mol. The molecule has 118 valence electrons. The van der Waals surface area contributed by atoms with Crippen LogP contribution in [0.3, 0.4) is 0 Å². The van der Waals surface area contributed by atoms with E-state index >= 15 is 0 Å². The van der Waals surface area contributed by atoms with Crippen LogP contribution in [0.1, 0.15) is 69.1 Å². The van der Waals surface area contributed by atoms with Crippen molar-refractivity contribution >= 4 is 5.97 Å². The smallest absolute Gasteiger partial charge is 0.337 e. The van der Waals surface area contributed by atoms with Gasteiger partial charge < -0.3 is 15.3 Å². The highest BCUT2D eigenvalue weighted by molar-refractivity contribution is 5.75. The average molecular weight is 294 g/mol. The predicted octanol–water partition coefficient (Wildman–Crippen LogP) is 3.80. The second-order valence-electron chi connectivity index (χ2n) is 5.46. The first kappa shape index (κ1) is 17.5. The Kier molecular flexibility index (Phi) is 7.83. The molecule has 0 amide bonds. The van der Waals surface area contributed by atoms with Crippen molar-refractivity contribution < 1.29 is 20.1 Å². The third-order valence-electron chi connectivity index (χ3n) is 3.75. The first-order chi connectivity index (χ1) is 10.1. The number of phenolic OH excluding ortho intramolecular Hbond substituents is 1. The number of hydrogen-bond donors (Lipinski definition) is 3. The monoisotopic (exact) mass is 294 g/mol. The van der Waals surface area contributed by atoms with Crippen LogP contribution in [0.25, 0.3) is 0 Å². The van der Waals surface area contributed by atoms with Gasteiger partial charge in [0.15, 0.2) is 6.10 Å². The van der Waals surface area contributed by atoms with E-state index in [2.05, 4.69) is 6.92 Å². The summed E-state index contributed by atoms with van der Waals surface area (Å²) in [5.74, 6) is -1.22. The maximum atomic E-state index is 10.9. The quantitative estimate of drug-likeness (QED) is 0.573. The van der Waals surface area contributed by atoms with E-state index in [0.29, 0.717) is 17.5 Å². The van der Waals surface area contributed by atoms with Gasteiger partial charge in [-0.25, -0.2) is 4.79 Å². The maximum absolute atomic E-state index is 10.9. The van der Waals surface area contributed by atoms with Crippen LogP contribution in [-0.2, 0) is 11.2 Å². The molecular formula is C17H26O4. The summed E-state index contributed by atoms with van der Waals surface area (Å²) in [6, 6.07) is 4.66. The molecule has 0 fully saturated rings. The zero-order chi connectivity index (χ0) is 15.7. The van der Waals surface area contributed by atoms with Crippen molar-refractivity contribution in [3.8, 4) is 5.75 Å². The number of unbranched alkanes of at least 4 members (excludes halogenated alkanes) is 6. The van der Waals surface area contributed by atoms with Crippen molar-refractivity contribution in [3.63, 3.8) is 0 Å². The van der Waals surface area contributed by atoms with Crippen molar-refractivity contribution in [2.45, 2.75) is 64.4 Å². The second kappa shape index (κ2) is 9.40. The van der Waals surface area contributed by atoms with Gasteiger partial charge in [-0.3, -0.25) is 0 Å². The molecule has 0 saturated heterocycles. The van der Waals surface area contributed by atoms with Gasteiger partial charge in [0.05, 0.1) is 0 Å². The molecule has 1 aromatic carbocycles. The van der Waals surface area contributed by atoms with Crippen LogP contribution in [0.15, 0.2) is 18.2 Å². The number of benzene rings is 1. The van der Waals surface area contributed by atoms with Gasteiger partial charge in [-0.2, -0.15) is 0 Å². The summed E-state index contributed by atoms with van der Waals surface area (Å²) in [6.07, 6.45) is 7.11. The van der Waals surface area contributed by atoms with Crippen LogP contribution in [0, 0.1) is 0 Å². The van der Waals surface area contributed by atoms with Gasteiger partial charge in [-0.1, -0.05) is 57.6 Å². The Hall–Kier alpha value is -1.55. The summed E-state index contributed by atoms with van der Waals surface area (Å²) in [5.41, 5.74) is 0.856. The fourth-order valence-corrected chi connectivity index (χ4v) is 2.51. The van der Waals surface area contributed by atoms with Gasteiger partial charge in [0, 0.05) is 5.56 Å². The van der Waals surface area contributed by atoms with E-state index in [9.17, 15) is 15.0 Å². The summed E-state index contributed by atoms with van der Waals surface area (Å²) in [6.45, 7) is 2.19. The summed E-state index contributed by atoms with van der Waals surface area (Å²) >= 11 is 0. The molecule has 0 radical (unpaired) electrons. The largest absolute Gasteiger partial charge is 0.508 e. The molecule has 1 aromatic rings. The van der Waals surface area contributed by atoms with E-state index < -0.39 is 12.1 Å². The van der Waals surface area contributed by atoms with E-state index in [0.717, 1.165) is 19.3 Å². The lowest BCUT2D eigenvalue weighted by Gasteiger charge is -2.14. The normalized spacial score (nSPS) is 12.3.